The molecule has 0 saturated heterocycles. The molecule has 1 aromatic heterocycles. The Bertz CT molecular complexity index is 565. The highest BCUT2D eigenvalue weighted by Crippen LogP contribution is 2.30. The zero-order chi connectivity index (χ0) is 14.6. The number of nitrogens with zero attached hydrogens (tertiary/aromatic N) is 2. The van der Waals surface area contributed by atoms with Gasteiger partial charge in [0.1, 0.15) is 5.82 Å². The van der Waals surface area contributed by atoms with E-state index in [1.165, 1.54) is 6.07 Å². The van der Waals surface area contributed by atoms with Crippen LogP contribution in [0.2, 0.25) is 0 Å². The van der Waals surface area contributed by atoms with Gasteiger partial charge in [-0.05, 0) is 30.5 Å². The lowest BCUT2D eigenvalue weighted by atomic mass is 9.77. The van der Waals surface area contributed by atoms with Crippen LogP contribution in [-0.2, 0) is 18.9 Å². The first kappa shape index (κ1) is 14.7. The van der Waals surface area contributed by atoms with E-state index in [1.807, 2.05) is 13.1 Å². The van der Waals surface area contributed by atoms with Gasteiger partial charge in [-0.3, -0.25) is 4.68 Å². The molecule has 0 unspecified atom stereocenters. The van der Waals surface area contributed by atoms with Gasteiger partial charge in [0.15, 0.2) is 0 Å². The Kier molecular flexibility index (Phi) is 4.52. The molecule has 2 aromatic rings. The molecule has 0 amide bonds. The van der Waals surface area contributed by atoms with Crippen LogP contribution in [0, 0.1) is 5.82 Å². The van der Waals surface area contributed by atoms with Crippen molar-refractivity contribution in [3.8, 4) is 0 Å². The van der Waals surface area contributed by atoms with E-state index in [2.05, 4.69) is 5.10 Å². The number of rotatable bonds is 6. The molecule has 0 saturated carbocycles. The summed E-state index contributed by atoms with van der Waals surface area (Å²) >= 11 is 0. The summed E-state index contributed by atoms with van der Waals surface area (Å²) in [4.78, 5) is 0. The molecule has 1 aromatic carbocycles. The summed E-state index contributed by atoms with van der Waals surface area (Å²) in [5.41, 5.74) is 0.357. The minimum absolute atomic E-state index is 0.303. The second kappa shape index (κ2) is 6.15. The highest BCUT2D eigenvalue weighted by molar-refractivity contribution is 5.28. The van der Waals surface area contributed by atoms with E-state index < -0.39 is 11.2 Å². The molecule has 5 heteroatoms. The molecular formula is C15H19FN2O2. The number of aliphatic hydroxyl groups is 2. The highest BCUT2D eigenvalue weighted by atomic mass is 19.1. The molecule has 0 spiro atoms. The summed E-state index contributed by atoms with van der Waals surface area (Å²) < 4.78 is 15.7. The van der Waals surface area contributed by atoms with E-state index in [1.54, 1.807) is 29.1 Å². The Morgan fingerprint density at radius 1 is 1.20 bits per heavy atom. The van der Waals surface area contributed by atoms with Crippen LogP contribution in [0.1, 0.15) is 17.7 Å². The standard InChI is InChI=1S/C15H19FN2O2/c1-18-12(7-9-17-18)6-8-15(10-19,11-20)13-4-2-3-5-14(13)16/h2-5,7,9,19-20H,6,8,10-11H2,1H3. The summed E-state index contributed by atoms with van der Waals surface area (Å²) in [5.74, 6) is -0.402. The molecule has 0 aliphatic rings. The van der Waals surface area contributed by atoms with Gasteiger partial charge in [0.25, 0.3) is 0 Å². The third-order valence-corrected chi connectivity index (χ3v) is 3.83. The summed E-state index contributed by atoms with van der Waals surface area (Å²) in [6.45, 7) is -0.607. The van der Waals surface area contributed by atoms with Crippen molar-refractivity contribution in [1.82, 2.24) is 9.78 Å². The first-order valence-corrected chi connectivity index (χ1v) is 6.56. The van der Waals surface area contributed by atoms with Gasteiger partial charge in [0, 0.05) is 24.4 Å². The van der Waals surface area contributed by atoms with Gasteiger partial charge in [0.2, 0.25) is 0 Å². The predicted octanol–water partition coefficient (Wildman–Crippen LogP) is 1.41. The van der Waals surface area contributed by atoms with E-state index in [0.29, 0.717) is 18.4 Å². The zero-order valence-corrected chi connectivity index (χ0v) is 11.5. The largest absolute Gasteiger partial charge is 0.395 e. The lowest BCUT2D eigenvalue weighted by molar-refractivity contribution is 0.106. The van der Waals surface area contributed by atoms with Crippen LogP contribution < -0.4 is 0 Å². The molecule has 2 N–H and O–H groups in total. The Hall–Kier alpha value is -1.72. The lowest BCUT2D eigenvalue weighted by Crippen LogP contribution is -2.36. The van der Waals surface area contributed by atoms with E-state index in [4.69, 9.17) is 0 Å². The summed E-state index contributed by atoms with van der Waals surface area (Å²) in [7, 11) is 1.83. The number of hydrogen-bond donors (Lipinski definition) is 2. The smallest absolute Gasteiger partial charge is 0.127 e. The first-order valence-electron chi connectivity index (χ1n) is 6.56. The zero-order valence-electron chi connectivity index (χ0n) is 11.5. The molecule has 0 atom stereocenters. The molecule has 0 fully saturated rings. The average Bonchev–Trinajstić information content (AvgIpc) is 2.87. The second-order valence-corrected chi connectivity index (χ2v) is 5.02. The molecule has 0 bridgehead atoms. The van der Waals surface area contributed by atoms with Crippen molar-refractivity contribution in [3.05, 3.63) is 53.6 Å². The fraction of sp³-hybridized carbons (Fsp3) is 0.400. The molecule has 20 heavy (non-hydrogen) atoms. The van der Waals surface area contributed by atoms with Crippen LogP contribution in [0.5, 0.6) is 0 Å². The number of benzene rings is 1. The number of aliphatic hydroxyl groups excluding tert-OH is 2. The lowest BCUT2D eigenvalue weighted by Gasteiger charge is -2.30. The van der Waals surface area contributed by atoms with Gasteiger partial charge >= 0.3 is 0 Å². The number of halogens is 1. The summed E-state index contributed by atoms with van der Waals surface area (Å²) in [5, 5.41) is 23.5. The maximum atomic E-state index is 14.0. The van der Waals surface area contributed by atoms with Gasteiger partial charge in [0.05, 0.1) is 13.2 Å². The third kappa shape index (κ3) is 2.73. The van der Waals surface area contributed by atoms with Crippen LogP contribution in [0.3, 0.4) is 0 Å². The Labute approximate surface area is 117 Å². The van der Waals surface area contributed by atoms with E-state index in [-0.39, 0.29) is 13.2 Å². The maximum absolute atomic E-state index is 14.0. The van der Waals surface area contributed by atoms with Gasteiger partial charge in [-0.1, -0.05) is 18.2 Å². The minimum atomic E-state index is -0.977. The monoisotopic (exact) mass is 278 g/mol. The van der Waals surface area contributed by atoms with Crippen LogP contribution in [-0.4, -0.2) is 33.2 Å². The van der Waals surface area contributed by atoms with Gasteiger partial charge < -0.3 is 10.2 Å². The van der Waals surface area contributed by atoms with Gasteiger partial charge in [-0.2, -0.15) is 5.10 Å². The van der Waals surface area contributed by atoms with Crippen LogP contribution >= 0.6 is 0 Å². The average molecular weight is 278 g/mol. The molecule has 0 aliphatic heterocycles. The molecule has 1 heterocycles. The molecule has 0 aliphatic carbocycles. The third-order valence-electron chi connectivity index (χ3n) is 3.83. The van der Waals surface area contributed by atoms with Crippen LogP contribution in [0.4, 0.5) is 4.39 Å². The van der Waals surface area contributed by atoms with Crippen molar-refractivity contribution in [2.75, 3.05) is 13.2 Å². The van der Waals surface area contributed by atoms with Crippen molar-refractivity contribution in [2.45, 2.75) is 18.3 Å². The molecule has 0 radical (unpaired) electrons. The number of aromatic nitrogens is 2. The van der Waals surface area contributed by atoms with E-state index in [9.17, 15) is 14.6 Å². The Morgan fingerprint density at radius 2 is 1.90 bits per heavy atom. The molecule has 4 nitrogen and oxygen atoms in total. The predicted molar refractivity (Wildman–Crippen MR) is 73.8 cm³/mol. The van der Waals surface area contributed by atoms with Crippen LogP contribution in [0.25, 0.3) is 0 Å². The topological polar surface area (TPSA) is 58.3 Å². The number of hydrogen-bond acceptors (Lipinski definition) is 3. The van der Waals surface area contributed by atoms with E-state index in [0.717, 1.165) is 5.69 Å². The van der Waals surface area contributed by atoms with Crippen molar-refractivity contribution < 1.29 is 14.6 Å². The summed E-state index contributed by atoms with van der Waals surface area (Å²) in [6, 6.07) is 8.15. The fourth-order valence-electron chi connectivity index (χ4n) is 2.42. The quantitative estimate of drug-likeness (QED) is 0.840. The normalized spacial score (nSPS) is 11.8. The maximum Gasteiger partial charge on any atom is 0.127 e. The van der Waals surface area contributed by atoms with Crippen molar-refractivity contribution in [2.24, 2.45) is 7.05 Å². The van der Waals surface area contributed by atoms with Gasteiger partial charge in [-0.15, -0.1) is 0 Å². The first-order chi connectivity index (χ1) is 9.63. The summed E-state index contributed by atoms with van der Waals surface area (Å²) in [6.07, 6.45) is 2.74. The van der Waals surface area contributed by atoms with Gasteiger partial charge in [-0.25, -0.2) is 4.39 Å². The fourth-order valence-corrected chi connectivity index (χ4v) is 2.42. The molecular weight excluding hydrogens is 259 g/mol. The minimum Gasteiger partial charge on any atom is -0.395 e. The van der Waals surface area contributed by atoms with E-state index >= 15 is 0 Å². The van der Waals surface area contributed by atoms with Crippen molar-refractivity contribution in [1.29, 1.82) is 0 Å². The van der Waals surface area contributed by atoms with Crippen LogP contribution in [0.15, 0.2) is 36.5 Å². The SMILES string of the molecule is Cn1nccc1CCC(CO)(CO)c1ccccc1F. The molecule has 2 rings (SSSR count). The molecule has 108 valence electrons. The Balaban J connectivity index is 2.26. The van der Waals surface area contributed by atoms with Crippen molar-refractivity contribution >= 4 is 0 Å². The Morgan fingerprint density at radius 3 is 2.45 bits per heavy atom. The highest BCUT2D eigenvalue weighted by Gasteiger charge is 2.33. The van der Waals surface area contributed by atoms with Crippen molar-refractivity contribution in [3.63, 3.8) is 0 Å². The second-order valence-electron chi connectivity index (χ2n) is 5.02. The number of aryl methyl sites for hydroxylation is 2.